The van der Waals surface area contributed by atoms with E-state index in [1.807, 2.05) is 32.0 Å². The van der Waals surface area contributed by atoms with Crippen molar-refractivity contribution in [1.29, 1.82) is 0 Å². The zero-order valence-corrected chi connectivity index (χ0v) is 32.2. The fourth-order valence-corrected chi connectivity index (χ4v) is 7.86. The standard InChI is InChI=1S/C50H44N2.C2H6/c1-4-5-6-7-10-22-41-31-42(32-45-30-40-21-15-16-23-48(40)49(41)45)35(3)52-50(37-19-13-9-14-20-37)51-34(2)38-24-26-46-43(28-38)33-44-29-39(25-27-47(44)46)36-17-11-8-12-18-36;1-2/h4-7,9,11,13-21,23-29,31-32H,2,8,10,12,22,30,33H2,1,3H3;1-2H3/b5-4-,7-6-,51-50?,52-35?;. The van der Waals surface area contributed by atoms with Crippen molar-refractivity contribution in [2.45, 2.75) is 66.2 Å². The van der Waals surface area contributed by atoms with Gasteiger partial charge in [0.2, 0.25) is 0 Å². The molecule has 0 aliphatic heterocycles. The Hall–Kier alpha value is -5.86. The van der Waals surface area contributed by atoms with E-state index < -0.39 is 0 Å². The lowest BCUT2D eigenvalue weighted by molar-refractivity contribution is 1.00. The van der Waals surface area contributed by atoms with Gasteiger partial charge in [0, 0.05) is 11.3 Å². The SMILES string of the molecule is C=C(N=C(N=C(C)c1cc(CC/C=C\C=C/C)c2c(c1)Cc1ccccc1-2)c1ccccc1)c1ccc2c(c1)Cc1cc(C3=CCCC=C3)ccc1-2.CC. The van der Waals surface area contributed by atoms with E-state index >= 15 is 0 Å². The predicted octanol–water partition coefficient (Wildman–Crippen LogP) is 13.6. The second-order valence-corrected chi connectivity index (χ2v) is 14.0. The van der Waals surface area contributed by atoms with Crippen molar-refractivity contribution >= 4 is 22.8 Å². The molecule has 0 N–H and O–H groups in total. The Bertz CT molecular complexity index is 2380. The number of aliphatic imine (C=N–C) groups is 2. The lowest BCUT2D eigenvalue weighted by Crippen LogP contribution is -2.06. The molecule has 2 heteroatoms. The van der Waals surface area contributed by atoms with Crippen LogP contribution < -0.4 is 0 Å². The van der Waals surface area contributed by atoms with Crippen molar-refractivity contribution in [2.75, 3.05) is 0 Å². The summed E-state index contributed by atoms with van der Waals surface area (Å²) in [7, 11) is 0. The summed E-state index contributed by atoms with van der Waals surface area (Å²) in [5, 5.41) is 0. The molecule has 0 saturated heterocycles. The van der Waals surface area contributed by atoms with Gasteiger partial charge in [-0.15, -0.1) is 0 Å². The van der Waals surface area contributed by atoms with E-state index in [1.165, 1.54) is 61.2 Å². The lowest BCUT2D eigenvalue weighted by Gasteiger charge is -2.13. The summed E-state index contributed by atoms with van der Waals surface area (Å²) in [6, 6.07) is 37.4. The fourth-order valence-electron chi connectivity index (χ4n) is 7.86. The van der Waals surface area contributed by atoms with Crippen LogP contribution >= 0.6 is 0 Å². The normalized spacial score (nSPS) is 14.3. The number of nitrogens with zero attached hydrogens (tertiary/aromatic N) is 2. The van der Waals surface area contributed by atoms with E-state index in [9.17, 15) is 0 Å². The molecular formula is C52H50N2. The molecular weight excluding hydrogens is 653 g/mol. The summed E-state index contributed by atoms with van der Waals surface area (Å²) < 4.78 is 0. The number of allylic oxidation sites excluding steroid dienone is 8. The van der Waals surface area contributed by atoms with Crippen LogP contribution in [0.3, 0.4) is 0 Å². The summed E-state index contributed by atoms with van der Waals surface area (Å²) in [6.07, 6.45) is 21.5. The molecule has 8 rings (SSSR count). The van der Waals surface area contributed by atoms with Crippen molar-refractivity contribution < 1.29 is 0 Å². The number of rotatable bonds is 9. The topological polar surface area (TPSA) is 24.7 Å². The maximum absolute atomic E-state index is 5.25. The van der Waals surface area contributed by atoms with Crippen molar-refractivity contribution in [1.82, 2.24) is 0 Å². The Morgan fingerprint density at radius 3 is 2.22 bits per heavy atom. The van der Waals surface area contributed by atoms with E-state index in [-0.39, 0.29) is 0 Å². The number of aryl methyl sites for hydroxylation is 1. The van der Waals surface area contributed by atoms with Crippen LogP contribution in [0, 0.1) is 0 Å². The van der Waals surface area contributed by atoms with Gasteiger partial charge in [-0.3, -0.25) is 0 Å². The summed E-state index contributed by atoms with van der Waals surface area (Å²) in [5.41, 5.74) is 19.7. The van der Waals surface area contributed by atoms with Gasteiger partial charge >= 0.3 is 0 Å². The molecule has 0 fully saturated rings. The van der Waals surface area contributed by atoms with Gasteiger partial charge in [0.15, 0.2) is 5.84 Å². The van der Waals surface area contributed by atoms with Gasteiger partial charge in [0.1, 0.15) is 0 Å². The molecule has 5 aromatic carbocycles. The Kier molecular flexibility index (Phi) is 11.4. The zero-order valence-electron chi connectivity index (χ0n) is 32.2. The Morgan fingerprint density at radius 2 is 1.43 bits per heavy atom. The number of benzene rings is 5. The highest BCUT2D eigenvalue weighted by Gasteiger charge is 2.23. The van der Waals surface area contributed by atoms with Gasteiger partial charge in [0.05, 0.1) is 5.70 Å². The van der Waals surface area contributed by atoms with Crippen LogP contribution in [0.15, 0.2) is 162 Å². The van der Waals surface area contributed by atoms with E-state index in [1.54, 1.807) is 0 Å². The average molecular weight is 703 g/mol. The second kappa shape index (κ2) is 16.9. The van der Waals surface area contributed by atoms with Crippen molar-refractivity contribution in [3.8, 4) is 22.3 Å². The molecule has 0 spiro atoms. The van der Waals surface area contributed by atoms with Crippen molar-refractivity contribution in [3.05, 3.63) is 202 Å². The van der Waals surface area contributed by atoms with E-state index in [2.05, 4.69) is 148 Å². The summed E-state index contributed by atoms with van der Waals surface area (Å²) >= 11 is 0. The fraction of sp³-hybridized carbons (Fsp3) is 0.192. The minimum absolute atomic E-state index is 0.671. The first-order chi connectivity index (χ1) is 26.6. The number of hydrogen-bond donors (Lipinski definition) is 0. The summed E-state index contributed by atoms with van der Waals surface area (Å²) in [5.74, 6) is 0.671. The Balaban J connectivity index is 0.00000221. The highest BCUT2D eigenvalue weighted by atomic mass is 14.9. The molecule has 0 atom stereocenters. The number of fused-ring (bicyclic) bond motifs is 6. The molecule has 2 nitrogen and oxygen atoms in total. The molecule has 54 heavy (non-hydrogen) atoms. The zero-order chi connectivity index (χ0) is 37.4. The van der Waals surface area contributed by atoms with Crippen LogP contribution in [0.4, 0.5) is 0 Å². The lowest BCUT2D eigenvalue weighted by atomic mass is 9.92. The van der Waals surface area contributed by atoms with Gasteiger partial charge in [0.25, 0.3) is 0 Å². The molecule has 0 amide bonds. The van der Waals surface area contributed by atoms with Crippen LogP contribution in [0.25, 0.3) is 33.5 Å². The maximum Gasteiger partial charge on any atom is 0.160 e. The van der Waals surface area contributed by atoms with Crippen LogP contribution in [0.2, 0.25) is 0 Å². The third kappa shape index (κ3) is 7.75. The molecule has 268 valence electrons. The molecule has 3 aliphatic rings. The smallest absolute Gasteiger partial charge is 0.160 e. The third-order valence-corrected chi connectivity index (χ3v) is 10.5. The Morgan fingerprint density at radius 1 is 0.685 bits per heavy atom. The highest BCUT2D eigenvalue weighted by molar-refractivity contribution is 6.13. The van der Waals surface area contributed by atoms with Gasteiger partial charge in [-0.05, 0) is 143 Å². The van der Waals surface area contributed by atoms with E-state index in [0.717, 1.165) is 60.9 Å². The minimum atomic E-state index is 0.671. The minimum Gasteiger partial charge on any atom is -0.233 e. The van der Waals surface area contributed by atoms with Crippen molar-refractivity contribution in [2.24, 2.45) is 9.98 Å². The quantitative estimate of drug-likeness (QED) is 0.0813. The second-order valence-electron chi connectivity index (χ2n) is 14.0. The Labute approximate surface area is 322 Å². The third-order valence-electron chi connectivity index (χ3n) is 10.5. The maximum atomic E-state index is 5.25. The van der Waals surface area contributed by atoms with Crippen molar-refractivity contribution in [3.63, 3.8) is 0 Å². The summed E-state index contributed by atoms with van der Waals surface area (Å²) in [6.45, 7) is 12.6. The molecule has 0 saturated carbocycles. The molecule has 0 heterocycles. The van der Waals surface area contributed by atoms with Gasteiger partial charge in [-0.2, -0.15) is 0 Å². The first-order valence-electron chi connectivity index (χ1n) is 19.6. The molecule has 0 radical (unpaired) electrons. The largest absolute Gasteiger partial charge is 0.233 e. The van der Waals surface area contributed by atoms with Gasteiger partial charge < -0.3 is 0 Å². The number of hydrogen-bond acceptors (Lipinski definition) is 1. The van der Waals surface area contributed by atoms with Crippen LogP contribution in [0.1, 0.15) is 97.0 Å². The molecule has 5 aromatic rings. The molecule has 0 aromatic heterocycles. The van der Waals surface area contributed by atoms with E-state index in [4.69, 9.17) is 9.98 Å². The predicted molar refractivity (Wildman–Crippen MR) is 234 cm³/mol. The highest BCUT2D eigenvalue weighted by Crippen LogP contribution is 2.41. The van der Waals surface area contributed by atoms with Crippen LogP contribution in [-0.2, 0) is 19.3 Å². The van der Waals surface area contributed by atoms with Crippen LogP contribution in [0.5, 0.6) is 0 Å². The van der Waals surface area contributed by atoms with Gasteiger partial charge in [-0.25, -0.2) is 9.98 Å². The molecule has 3 aliphatic carbocycles. The van der Waals surface area contributed by atoms with Gasteiger partial charge in [-0.1, -0.05) is 148 Å². The monoisotopic (exact) mass is 702 g/mol. The first kappa shape index (κ1) is 36.5. The summed E-state index contributed by atoms with van der Waals surface area (Å²) in [4.78, 5) is 10.4. The van der Waals surface area contributed by atoms with Crippen LogP contribution in [-0.4, -0.2) is 11.5 Å². The first-order valence-corrected chi connectivity index (χ1v) is 19.6. The van der Waals surface area contributed by atoms with E-state index in [0.29, 0.717) is 11.5 Å². The average Bonchev–Trinajstić information content (AvgIpc) is 3.79. The molecule has 0 bridgehead atoms. The number of amidine groups is 1. The molecule has 0 unspecified atom stereocenters.